The van der Waals surface area contributed by atoms with E-state index in [1.165, 1.54) is 6.07 Å². The van der Waals surface area contributed by atoms with Crippen LogP contribution in [0.25, 0.3) is 0 Å². The number of alkyl halides is 3. The van der Waals surface area contributed by atoms with Gasteiger partial charge in [-0.1, -0.05) is 12.1 Å². The smallest absolute Gasteiger partial charge is 0.276 e. The first-order valence-electron chi connectivity index (χ1n) is 7.82. The molecular weight excluding hydrogens is 490 g/mol. The van der Waals surface area contributed by atoms with E-state index in [1.54, 1.807) is 18.2 Å². The van der Waals surface area contributed by atoms with Crippen LogP contribution >= 0.6 is 22.6 Å². The molecule has 2 aromatic carbocycles. The first kappa shape index (κ1) is 20.0. The molecule has 1 aliphatic heterocycles. The van der Waals surface area contributed by atoms with Crippen molar-refractivity contribution in [2.24, 2.45) is 10.9 Å². The van der Waals surface area contributed by atoms with Gasteiger partial charge in [-0.05, 0) is 59.0 Å². The first-order chi connectivity index (χ1) is 13.2. The molecule has 0 bridgehead atoms. The number of hydrogen-bond acceptors (Lipinski definition) is 4. The molecule has 6 nitrogen and oxygen atoms in total. The quantitative estimate of drug-likeness (QED) is 0.394. The summed E-state index contributed by atoms with van der Waals surface area (Å²) in [6, 6.07) is 9.53. The molecule has 144 valence electrons. The van der Waals surface area contributed by atoms with Crippen molar-refractivity contribution in [3.8, 4) is 0 Å². The van der Waals surface area contributed by atoms with Gasteiger partial charge in [-0.15, -0.1) is 0 Å². The topological polar surface area (TPSA) is 78.8 Å². The van der Waals surface area contributed by atoms with E-state index in [-0.39, 0.29) is 5.69 Å². The third-order valence-corrected chi connectivity index (χ3v) is 4.49. The maximum atomic E-state index is 12.9. The largest absolute Gasteiger partial charge is 0.416 e. The number of barbiturate groups is 1. The van der Waals surface area contributed by atoms with Crippen LogP contribution in [0.5, 0.6) is 0 Å². The zero-order chi connectivity index (χ0) is 20.5. The van der Waals surface area contributed by atoms with Gasteiger partial charge in [0.2, 0.25) is 5.91 Å². The minimum Gasteiger partial charge on any atom is -0.276 e. The Hall–Kier alpha value is -2.76. The number of benzene rings is 2. The predicted octanol–water partition coefficient (Wildman–Crippen LogP) is 3.91. The summed E-state index contributed by atoms with van der Waals surface area (Å²) >= 11 is 2.07. The van der Waals surface area contributed by atoms with Crippen molar-refractivity contribution in [1.82, 2.24) is 5.32 Å². The summed E-state index contributed by atoms with van der Waals surface area (Å²) in [5.74, 6) is -3.33. The van der Waals surface area contributed by atoms with Gasteiger partial charge in [0.15, 0.2) is 5.92 Å². The molecule has 28 heavy (non-hydrogen) atoms. The lowest BCUT2D eigenvalue weighted by Gasteiger charge is -2.28. The molecule has 0 saturated carbocycles. The molecule has 1 atom stereocenters. The van der Waals surface area contributed by atoms with E-state index in [4.69, 9.17) is 0 Å². The molecule has 0 aromatic heterocycles. The van der Waals surface area contributed by atoms with E-state index in [9.17, 15) is 27.6 Å². The minimum atomic E-state index is -4.65. The van der Waals surface area contributed by atoms with Crippen molar-refractivity contribution in [3.05, 3.63) is 57.7 Å². The van der Waals surface area contributed by atoms with Crippen molar-refractivity contribution >= 4 is 58.0 Å². The van der Waals surface area contributed by atoms with Crippen molar-refractivity contribution in [3.63, 3.8) is 0 Å². The fourth-order valence-electron chi connectivity index (χ4n) is 2.50. The number of carbonyl (C=O) groups is 3. The van der Waals surface area contributed by atoms with E-state index in [2.05, 4.69) is 27.6 Å². The summed E-state index contributed by atoms with van der Waals surface area (Å²) in [6.45, 7) is 0. The van der Waals surface area contributed by atoms with Crippen molar-refractivity contribution in [2.45, 2.75) is 6.18 Å². The van der Waals surface area contributed by atoms with E-state index in [0.29, 0.717) is 16.7 Å². The molecule has 0 radical (unpaired) electrons. The van der Waals surface area contributed by atoms with Gasteiger partial charge in [-0.3, -0.25) is 19.9 Å². The SMILES string of the molecule is O=C1NC(=O)N(c2cccc(C(F)(F)F)c2)C(=O)[C@@H]1C=Nc1cccc(I)c1. The normalized spacial score (nSPS) is 17.9. The van der Waals surface area contributed by atoms with Crippen molar-refractivity contribution in [2.75, 3.05) is 4.90 Å². The minimum absolute atomic E-state index is 0.294. The standard InChI is InChI=1S/C18H11F3IN3O3/c19-18(20,21)10-3-1-6-13(7-10)25-16(27)14(15(26)24-17(25)28)9-23-12-5-2-4-11(22)8-12/h1-9,14H,(H,24,26,28)/t14-/m1/s1. The monoisotopic (exact) mass is 501 g/mol. The number of anilines is 1. The number of rotatable bonds is 3. The lowest BCUT2D eigenvalue weighted by molar-refractivity contribution is -0.138. The second-order valence-corrected chi connectivity index (χ2v) is 7.00. The van der Waals surface area contributed by atoms with E-state index in [0.717, 1.165) is 21.9 Å². The van der Waals surface area contributed by atoms with Crippen LogP contribution in [0, 0.1) is 9.49 Å². The zero-order valence-electron chi connectivity index (χ0n) is 13.9. The first-order valence-corrected chi connectivity index (χ1v) is 8.90. The zero-order valence-corrected chi connectivity index (χ0v) is 16.1. The van der Waals surface area contributed by atoms with Crippen LogP contribution in [-0.4, -0.2) is 24.1 Å². The Morgan fingerprint density at radius 2 is 1.79 bits per heavy atom. The maximum absolute atomic E-state index is 12.9. The Kier molecular flexibility index (Phi) is 5.49. The summed E-state index contributed by atoms with van der Waals surface area (Å²) in [6.07, 6.45) is -3.58. The molecule has 1 heterocycles. The number of aliphatic imine (C=N–C) groups is 1. The van der Waals surface area contributed by atoms with Gasteiger partial charge in [0.25, 0.3) is 5.91 Å². The highest BCUT2D eigenvalue weighted by Gasteiger charge is 2.41. The fourth-order valence-corrected chi connectivity index (χ4v) is 3.03. The van der Waals surface area contributed by atoms with E-state index in [1.807, 2.05) is 11.4 Å². The molecule has 1 N–H and O–H groups in total. The highest BCUT2D eigenvalue weighted by Crippen LogP contribution is 2.32. The number of halogens is 4. The van der Waals surface area contributed by atoms with Gasteiger partial charge in [0, 0.05) is 9.78 Å². The predicted molar refractivity (Wildman–Crippen MR) is 103 cm³/mol. The Morgan fingerprint density at radius 3 is 2.46 bits per heavy atom. The highest BCUT2D eigenvalue weighted by atomic mass is 127. The molecule has 1 aliphatic rings. The third-order valence-electron chi connectivity index (χ3n) is 3.81. The summed E-state index contributed by atoms with van der Waals surface area (Å²) in [5, 5.41) is 1.97. The Bertz CT molecular complexity index is 991. The summed E-state index contributed by atoms with van der Waals surface area (Å²) in [4.78, 5) is 41.4. The van der Waals surface area contributed by atoms with Gasteiger partial charge in [-0.25, -0.2) is 9.69 Å². The summed E-state index contributed by atoms with van der Waals surface area (Å²) in [5.41, 5.74) is -0.834. The number of urea groups is 1. The number of imide groups is 2. The molecule has 2 aromatic rings. The van der Waals surface area contributed by atoms with Crippen LogP contribution in [0.1, 0.15) is 5.56 Å². The maximum Gasteiger partial charge on any atom is 0.416 e. The second kappa shape index (κ2) is 7.70. The van der Waals surface area contributed by atoms with Gasteiger partial charge < -0.3 is 0 Å². The van der Waals surface area contributed by atoms with Crippen LogP contribution in [-0.2, 0) is 15.8 Å². The number of amides is 4. The van der Waals surface area contributed by atoms with E-state index >= 15 is 0 Å². The lowest BCUT2D eigenvalue weighted by Crippen LogP contribution is -2.58. The average molecular weight is 501 g/mol. The number of hydrogen-bond donors (Lipinski definition) is 1. The third kappa shape index (κ3) is 4.21. The number of nitrogens with one attached hydrogen (secondary N) is 1. The molecule has 3 rings (SSSR count). The van der Waals surface area contributed by atoms with Crippen molar-refractivity contribution in [1.29, 1.82) is 0 Å². The van der Waals surface area contributed by atoms with Crippen LogP contribution in [0.3, 0.4) is 0 Å². The molecule has 0 aliphatic carbocycles. The average Bonchev–Trinajstić information content (AvgIpc) is 2.61. The molecule has 0 spiro atoms. The van der Waals surface area contributed by atoms with Gasteiger partial charge in [-0.2, -0.15) is 13.2 Å². The van der Waals surface area contributed by atoms with Crippen LogP contribution < -0.4 is 10.2 Å². The molecule has 0 unspecified atom stereocenters. The highest BCUT2D eigenvalue weighted by molar-refractivity contribution is 14.1. The number of nitrogens with zero attached hydrogens (tertiary/aromatic N) is 2. The summed E-state index contributed by atoms with van der Waals surface area (Å²) in [7, 11) is 0. The van der Waals surface area contributed by atoms with Crippen LogP contribution in [0.4, 0.5) is 29.3 Å². The molecular formula is C18H11F3IN3O3. The second-order valence-electron chi connectivity index (χ2n) is 5.75. The lowest BCUT2D eigenvalue weighted by atomic mass is 10.1. The summed E-state index contributed by atoms with van der Waals surface area (Å²) < 4.78 is 39.7. The van der Waals surface area contributed by atoms with Crippen LogP contribution in [0.2, 0.25) is 0 Å². The molecule has 1 saturated heterocycles. The van der Waals surface area contributed by atoms with Crippen LogP contribution in [0.15, 0.2) is 53.5 Å². The number of carbonyl (C=O) groups excluding carboxylic acids is 3. The Labute approximate surface area is 170 Å². The van der Waals surface area contributed by atoms with Gasteiger partial charge >= 0.3 is 12.2 Å². The van der Waals surface area contributed by atoms with E-state index < -0.39 is 35.5 Å². The van der Waals surface area contributed by atoms with Gasteiger partial charge in [0.05, 0.1) is 16.9 Å². The van der Waals surface area contributed by atoms with Gasteiger partial charge in [0.1, 0.15) is 0 Å². The molecule has 4 amide bonds. The Balaban J connectivity index is 1.92. The van der Waals surface area contributed by atoms with Crippen molar-refractivity contribution < 1.29 is 27.6 Å². The Morgan fingerprint density at radius 1 is 1.07 bits per heavy atom. The molecule has 1 fully saturated rings. The molecule has 10 heteroatoms. The fraction of sp³-hybridized carbons (Fsp3) is 0.111.